The Morgan fingerprint density at radius 1 is 1.43 bits per heavy atom. The lowest BCUT2D eigenvalue weighted by atomic mass is 10.0. The van der Waals surface area contributed by atoms with Gasteiger partial charge < -0.3 is 20.5 Å². The predicted octanol–water partition coefficient (Wildman–Crippen LogP) is 2.14. The van der Waals surface area contributed by atoms with Crippen molar-refractivity contribution in [3.63, 3.8) is 0 Å². The van der Waals surface area contributed by atoms with Gasteiger partial charge in [-0.1, -0.05) is 18.5 Å². The summed E-state index contributed by atoms with van der Waals surface area (Å²) in [5.74, 6) is 0.849. The van der Waals surface area contributed by atoms with Crippen LogP contribution in [0.2, 0.25) is 5.02 Å². The van der Waals surface area contributed by atoms with Crippen LogP contribution in [0.4, 0.5) is 0 Å². The van der Waals surface area contributed by atoms with E-state index in [2.05, 4.69) is 5.32 Å². The molecule has 0 radical (unpaired) electrons. The highest BCUT2D eigenvalue weighted by Crippen LogP contribution is 2.35. The van der Waals surface area contributed by atoms with E-state index in [0.29, 0.717) is 29.5 Å². The Morgan fingerprint density at radius 3 is 2.71 bits per heavy atom. The van der Waals surface area contributed by atoms with E-state index in [9.17, 15) is 4.79 Å². The van der Waals surface area contributed by atoms with E-state index >= 15 is 0 Å². The number of rotatable bonds is 8. The molecule has 3 N–H and O–H groups in total. The van der Waals surface area contributed by atoms with Gasteiger partial charge in [0.25, 0.3) is 5.91 Å². The van der Waals surface area contributed by atoms with Crippen molar-refractivity contribution in [2.45, 2.75) is 32.7 Å². The van der Waals surface area contributed by atoms with Gasteiger partial charge in [-0.05, 0) is 25.8 Å². The molecule has 6 heteroatoms. The largest absolute Gasteiger partial charge is 0.493 e. The Bertz CT molecular complexity index is 480. The molecule has 0 aliphatic carbocycles. The molecular weight excluding hydrogens is 292 g/mol. The summed E-state index contributed by atoms with van der Waals surface area (Å²) in [5, 5.41) is 3.23. The summed E-state index contributed by atoms with van der Waals surface area (Å²) in [6.45, 7) is 4.36. The van der Waals surface area contributed by atoms with Crippen LogP contribution in [-0.2, 0) is 11.2 Å². The van der Waals surface area contributed by atoms with Crippen molar-refractivity contribution in [3.8, 4) is 11.5 Å². The minimum Gasteiger partial charge on any atom is -0.493 e. The molecular formula is C15H23ClN2O3. The number of likely N-dealkylation sites (N-methyl/N-ethyl adjacent to an activating group) is 1. The molecule has 1 aromatic carbocycles. The van der Waals surface area contributed by atoms with Crippen LogP contribution in [0, 0.1) is 0 Å². The minimum absolute atomic E-state index is 0.00000821. The zero-order chi connectivity index (χ0) is 15.8. The molecule has 0 saturated heterocycles. The average molecular weight is 315 g/mol. The van der Waals surface area contributed by atoms with Gasteiger partial charge in [-0.25, -0.2) is 0 Å². The molecule has 0 aliphatic heterocycles. The first-order chi connectivity index (χ1) is 10.0. The molecule has 1 amide bonds. The second-order valence-corrected chi connectivity index (χ2v) is 5.15. The molecule has 0 bridgehead atoms. The Kier molecular flexibility index (Phi) is 7.32. The average Bonchev–Trinajstić information content (AvgIpc) is 2.45. The van der Waals surface area contributed by atoms with Crippen LogP contribution >= 0.6 is 11.6 Å². The molecule has 0 aliphatic rings. The maximum absolute atomic E-state index is 11.5. The fraction of sp³-hybridized carbons (Fsp3) is 0.533. The molecule has 1 rings (SSSR count). The number of nitrogens with one attached hydrogen (secondary N) is 1. The van der Waals surface area contributed by atoms with Crippen molar-refractivity contribution in [1.82, 2.24) is 5.32 Å². The molecule has 0 saturated carbocycles. The summed E-state index contributed by atoms with van der Waals surface area (Å²) in [7, 11) is 1.54. The van der Waals surface area contributed by atoms with Gasteiger partial charge in [0.15, 0.2) is 18.1 Å². The normalized spacial score (nSPS) is 11.9. The van der Waals surface area contributed by atoms with E-state index in [1.807, 2.05) is 13.8 Å². The van der Waals surface area contributed by atoms with Gasteiger partial charge in [-0.15, -0.1) is 0 Å². The number of methoxy groups -OCH3 is 1. The second-order valence-electron chi connectivity index (χ2n) is 4.71. The van der Waals surface area contributed by atoms with Crippen molar-refractivity contribution in [1.29, 1.82) is 0 Å². The summed E-state index contributed by atoms with van der Waals surface area (Å²) in [4.78, 5) is 11.5. The molecule has 21 heavy (non-hydrogen) atoms. The van der Waals surface area contributed by atoms with Crippen molar-refractivity contribution >= 4 is 17.5 Å². The van der Waals surface area contributed by atoms with E-state index < -0.39 is 0 Å². The highest BCUT2D eigenvalue weighted by atomic mass is 35.5. The fourth-order valence-corrected chi connectivity index (χ4v) is 2.13. The SMILES string of the molecule is CCNC(=O)COc1c(CC(N)CC)cc(Cl)cc1OC. The maximum atomic E-state index is 11.5. The van der Waals surface area contributed by atoms with Gasteiger partial charge in [0, 0.05) is 29.2 Å². The van der Waals surface area contributed by atoms with Crippen LogP contribution in [0.1, 0.15) is 25.8 Å². The quantitative estimate of drug-likeness (QED) is 0.771. The minimum atomic E-state index is -0.180. The van der Waals surface area contributed by atoms with Crippen LogP contribution < -0.4 is 20.5 Å². The van der Waals surface area contributed by atoms with Crippen molar-refractivity contribution in [2.75, 3.05) is 20.3 Å². The first-order valence-electron chi connectivity index (χ1n) is 7.03. The molecule has 1 atom stereocenters. The van der Waals surface area contributed by atoms with Crippen LogP contribution in [0.15, 0.2) is 12.1 Å². The van der Waals surface area contributed by atoms with Gasteiger partial charge >= 0.3 is 0 Å². The van der Waals surface area contributed by atoms with E-state index in [-0.39, 0.29) is 18.6 Å². The molecule has 0 spiro atoms. The van der Waals surface area contributed by atoms with Gasteiger partial charge in [0.05, 0.1) is 7.11 Å². The number of hydrogen-bond donors (Lipinski definition) is 2. The smallest absolute Gasteiger partial charge is 0.257 e. The summed E-state index contributed by atoms with van der Waals surface area (Å²) in [6, 6.07) is 3.46. The number of carbonyl (C=O) groups is 1. The summed E-state index contributed by atoms with van der Waals surface area (Å²) < 4.78 is 10.9. The lowest BCUT2D eigenvalue weighted by molar-refractivity contribution is -0.123. The Morgan fingerprint density at radius 2 is 2.14 bits per heavy atom. The summed E-state index contributed by atoms with van der Waals surface area (Å²) in [6.07, 6.45) is 1.45. The lowest BCUT2D eigenvalue weighted by Gasteiger charge is -2.17. The van der Waals surface area contributed by atoms with Crippen LogP contribution in [0.3, 0.4) is 0 Å². The molecule has 0 aromatic heterocycles. The lowest BCUT2D eigenvalue weighted by Crippen LogP contribution is -2.29. The highest BCUT2D eigenvalue weighted by molar-refractivity contribution is 6.30. The zero-order valence-electron chi connectivity index (χ0n) is 12.7. The maximum Gasteiger partial charge on any atom is 0.257 e. The first kappa shape index (κ1) is 17.6. The number of amides is 1. The second kappa shape index (κ2) is 8.74. The topological polar surface area (TPSA) is 73.6 Å². The number of nitrogens with two attached hydrogens (primary N) is 1. The predicted molar refractivity (Wildman–Crippen MR) is 84.2 cm³/mol. The Hall–Kier alpha value is -1.46. The Labute approximate surface area is 130 Å². The highest BCUT2D eigenvalue weighted by Gasteiger charge is 2.16. The Balaban J connectivity index is 2.98. The third-order valence-electron chi connectivity index (χ3n) is 3.04. The molecule has 118 valence electrons. The molecule has 1 unspecified atom stereocenters. The van der Waals surface area contributed by atoms with E-state index in [1.54, 1.807) is 12.1 Å². The van der Waals surface area contributed by atoms with Crippen LogP contribution in [0.5, 0.6) is 11.5 Å². The molecule has 5 nitrogen and oxygen atoms in total. The molecule has 0 heterocycles. The van der Waals surface area contributed by atoms with E-state index in [4.69, 9.17) is 26.8 Å². The van der Waals surface area contributed by atoms with Crippen LogP contribution in [-0.4, -0.2) is 32.2 Å². The first-order valence-corrected chi connectivity index (χ1v) is 7.41. The number of ether oxygens (including phenoxy) is 2. The van der Waals surface area contributed by atoms with Crippen molar-refractivity contribution < 1.29 is 14.3 Å². The number of benzene rings is 1. The summed E-state index contributed by atoms with van der Waals surface area (Å²) >= 11 is 6.08. The third-order valence-corrected chi connectivity index (χ3v) is 3.26. The van der Waals surface area contributed by atoms with Gasteiger partial charge in [-0.3, -0.25) is 4.79 Å². The van der Waals surface area contributed by atoms with Gasteiger partial charge in [0.1, 0.15) is 0 Å². The van der Waals surface area contributed by atoms with Crippen molar-refractivity contribution in [3.05, 3.63) is 22.7 Å². The van der Waals surface area contributed by atoms with Crippen LogP contribution in [0.25, 0.3) is 0 Å². The number of carbonyl (C=O) groups excluding carboxylic acids is 1. The van der Waals surface area contributed by atoms with Gasteiger partial charge in [-0.2, -0.15) is 0 Å². The summed E-state index contributed by atoms with van der Waals surface area (Å²) in [5.41, 5.74) is 6.85. The zero-order valence-corrected chi connectivity index (χ0v) is 13.5. The molecule has 0 fully saturated rings. The third kappa shape index (κ3) is 5.44. The number of halogens is 1. The van der Waals surface area contributed by atoms with E-state index in [0.717, 1.165) is 12.0 Å². The monoisotopic (exact) mass is 314 g/mol. The fourth-order valence-electron chi connectivity index (χ4n) is 1.90. The number of hydrogen-bond acceptors (Lipinski definition) is 4. The standard InChI is InChI=1S/C15H23ClN2O3/c1-4-12(17)7-10-6-11(16)8-13(20-3)15(10)21-9-14(19)18-5-2/h6,8,12H,4-5,7,9,17H2,1-3H3,(H,18,19). The molecule has 1 aromatic rings. The van der Waals surface area contributed by atoms with Gasteiger partial charge in [0.2, 0.25) is 0 Å². The van der Waals surface area contributed by atoms with E-state index in [1.165, 1.54) is 7.11 Å². The van der Waals surface area contributed by atoms with Crippen molar-refractivity contribution in [2.24, 2.45) is 5.73 Å².